The lowest BCUT2D eigenvalue weighted by Gasteiger charge is -2.26. The van der Waals surface area contributed by atoms with Crippen LogP contribution in [0.2, 0.25) is 5.02 Å². The molecule has 0 bridgehead atoms. The van der Waals surface area contributed by atoms with Gasteiger partial charge < -0.3 is 16.2 Å². The number of carbonyl (C=O) groups excluding carboxylic acids is 1. The van der Waals surface area contributed by atoms with Crippen LogP contribution in [0.5, 0.6) is 0 Å². The predicted octanol–water partition coefficient (Wildman–Crippen LogP) is 1.35. The third kappa shape index (κ3) is 3.11. The molecule has 5 nitrogen and oxygen atoms in total. The zero-order valence-electron chi connectivity index (χ0n) is 9.90. The molecular formula is C12H16ClN3O2. The summed E-state index contributed by atoms with van der Waals surface area (Å²) < 4.78 is 0. The molecular weight excluding hydrogens is 254 g/mol. The Balaban J connectivity index is 2.01. The molecule has 1 amide bonds. The van der Waals surface area contributed by atoms with Crippen molar-refractivity contribution in [2.75, 3.05) is 5.73 Å². The van der Waals surface area contributed by atoms with E-state index in [2.05, 4.69) is 10.3 Å². The number of nitrogen functional groups attached to an aromatic ring is 1. The zero-order valence-corrected chi connectivity index (χ0v) is 10.7. The van der Waals surface area contributed by atoms with E-state index in [1.807, 2.05) is 0 Å². The van der Waals surface area contributed by atoms with Gasteiger partial charge in [-0.2, -0.15) is 0 Å². The molecule has 18 heavy (non-hydrogen) atoms. The Morgan fingerprint density at radius 2 is 2.11 bits per heavy atom. The average Bonchev–Trinajstić information content (AvgIpc) is 2.35. The Morgan fingerprint density at radius 1 is 1.44 bits per heavy atom. The number of amides is 1. The largest absolute Gasteiger partial charge is 0.393 e. The summed E-state index contributed by atoms with van der Waals surface area (Å²) in [5.74, 6) is 0.0270. The number of nitrogens with zero attached hydrogens (tertiary/aromatic N) is 1. The molecule has 0 aliphatic heterocycles. The summed E-state index contributed by atoms with van der Waals surface area (Å²) in [7, 11) is 0. The molecule has 1 saturated carbocycles. The van der Waals surface area contributed by atoms with Gasteiger partial charge in [-0.15, -0.1) is 0 Å². The zero-order chi connectivity index (χ0) is 13.1. The summed E-state index contributed by atoms with van der Waals surface area (Å²) in [4.78, 5) is 15.8. The number of aliphatic hydroxyl groups excluding tert-OH is 1. The Hall–Kier alpha value is -1.33. The van der Waals surface area contributed by atoms with Crippen LogP contribution in [0.3, 0.4) is 0 Å². The number of anilines is 1. The van der Waals surface area contributed by atoms with Crippen LogP contribution in [0, 0.1) is 0 Å². The first-order valence-corrected chi connectivity index (χ1v) is 6.34. The molecule has 0 spiro atoms. The topological polar surface area (TPSA) is 88.2 Å². The van der Waals surface area contributed by atoms with E-state index < -0.39 is 0 Å². The van der Waals surface area contributed by atoms with Gasteiger partial charge in [0.05, 0.1) is 16.7 Å². The molecule has 4 N–H and O–H groups in total. The minimum Gasteiger partial charge on any atom is -0.393 e. The fourth-order valence-corrected chi connectivity index (χ4v) is 2.30. The van der Waals surface area contributed by atoms with E-state index in [-0.39, 0.29) is 28.9 Å². The van der Waals surface area contributed by atoms with E-state index >= 15 is 0 Å². The molecule has 1 aromatic heterocycles. The Bertz CT molecular complexity index is 445. The summed E-state index contributed by atoms with van der Waals surface area (Å²) in [6.45, 7) is 0. The van der Waals surface area contributed by atoms with Crippen LogP contribution in [-0.2, 0) is 0 Å². The highest BCUT2D eigenvalue weighted by molar-refractivity contribution is 6.33. The fraction of sp³-hybridized carbons (Fsp3) is 0.500. The maximum absolute atomic E-state index is 12.0. The van der Waals surface area contributed by atoms with Crippen LogP contribution < -0.4 is 11.1 Å². The lowest BCUT2D eigenvalue weighted by molar-refractivity contribution is 0.0867. The monoisotopic (exact) mass is 269 g/mol. The molecule has 1 fully saturated rings. The maximum atomic E-state index is 12.0. The molecule has 0 saturated heterocycles. The number of aliphatic hydroxyl groups is 1. The second kappa shape index (κ2) is 5.54. The van der Waals surface area contributed by atoms with Crippen molar-refractivity contribution in [2.24, 2.45) is 0 Å². The van der Waals surface area contributed by atoms with Gasteiger partial charge in [0.15, 0.2) is 0 Å². The Morgan fingerprint density at radius 3 is 2.78 bits per heavy atom. The number of carbonyl (C=O) groups is 1. The minimum absolute atomic E-state index is 0.0892. The van der Waals surface area contributed by atoms with Gasteiger partial charge >= 0.3 is 0 Å². The van der Waals surface area contributed by atoms with Crippen LogP contribution in [0.25, 0.3) is 0 Å². The molecule has 6 heteroatoms. The summed E-state index contributed by atoms with van der Waals surface area (Å²) >= 11 is 5.91. The number of nitrogens with one attached hydrogen (secondary N) is 1. The van der Waals surface area contributed by atoms with Gasteiger partial charge in [-0.05, 0) is 31.7 Å². The Labute approximate surface area is 110 Å². The number of halogens is 1. The molecule has 98 valence electrons. The molecule has 1 aliphatic carbocycles. The lowest BCUT2D eigenvalue weighted by Crippen LogP contribution is -2.38. The minimum atomic E-state index is -0.240. The standard InChI is InChI=1S/C12H16ClN3O2/c13-10-6-15-11(14)5-9(10)12(18)16-7-1-3-8(17)4-2-7/h5-8,17H,1-4H2,(H2,14,15)(H,16,18). The summed E-state index contributed by atoms with van der Waals surface area (Å²) in [6, 6.07) is 1.56. The first-order chi connectivity index (χ1) is 8.56. The van der Waals surface area contributed by atoms with Crippen LogP contribution in [0.1, 0.15) is 36.0 Å². The number of pyridine rings is 1. The van der Waals surface area contributed by atoms with E-state index in [1.165, 1.54) is 12.3 Å². The molecule has 1 aromatic rings. The van der Waals surface area contributed by atoms with Crippen LogP contribution in [0.4, 0.5) is 5.82 Å². The fourth-order valence-electron chi connectivity index (χ4n) is 2.11. The molecule has 0 radical (unpaired) electrons. The third-order valence-corrected chi connectivity index (χ3v) is 3.45. The van der Waals surface area contributed by atoms with Crippen molar-refractivity contribution in [1.29, 1.82) is 0 Å². The van der Waals surface area contributed by atoms with Gasteiger partial charge in [0.25, 0.3) is 5.91 Å². The van der Waals surface area contributed by atoms with Crippen LogP contribution in [-0.4, -0.2) is 28.1 Å². The van der Waals surface area contributed by atoms with Crippen molar-refractivity contribution in [1.82, 2.24) is 10.3 Å². The molecule has 0 atom stereocenters. The summed E-state index contributed by atoms with van der Waals surface area (Å²) in [5.41, 5.74) is 5.88. The SMILES string of the molecule is Nc1cc(C(=O)NC2CCC(O)CC2)c(Cl)cn1. The van der Waals surface area contributed by atoms with Gasteiger partial charge in [-0.25, -0.2) is 4.98 Å². The van der Waals surface area contributed by atoms with Crippen molar-refractivity contribution in [2.45, 2.75) is 37.8 Å². The lowest BCUT2D eigenvalue weighted by atomic mass is 9.93. The molecule has 1 heterocycles. The highest BCUT2D eigenvalue weighted by Gasteiger charge is 2.22. The molecule has 2 rings (SSSR count). The molecule has 0 aromatic carbocycles. The first kappa shape index (κ1) is 13.1. The number of rotatable bonds is 2. The first-order valence-electron chi connectivity index (χ1n) is 5.96. The maximum Gasteiger partial charge on any atom is 0.253 e. The number of hydrogen-bond acceptors (Lipinski definition) is 4. The van der Waals surface area contributed by atoms with Gasteiger partial charge in [-0.3, -0.25) is 4.79 Å². The van der Waals surface area contributed by atoms with Crippen molar-refractivity contribution in [3.05, 3.63) is 22.8 Å². The van der Waals surface area contributed by atoms with Crippen molar-refractivity contribution < 1.29 is 9.90 Å². The molecule has 0 unspecified atom stereocenters. The van der Waals surface area contributed by atoms with E-state index in [9.17, 15) is 9.90 Å². The van der Waals surface area contributed by atoms with Gasteiger partial charge in [-0.1, -0.05) is 11.6 Å². The van der Waals surface area contributed by atoms with E-state index in [1.54, 1.807) is 0 Å². The van der Waals surface area contributed by atoms with Gasteiger partial charge in [0.1, 0.15) is 5.82 Å². The average molecular weight is 270 g/mol. The quantitative estimate of drug-likeness (QED) is 0.756. The van der Waals surface area contributed by atoms with E-state index in [0.717, 1.165) is 25.7 Å². The normalized spacial score (nSPS) is 23.7. The smallest absolute Gasteiger partial charge is 0.253 e. The number of nitrogens with two attached hydrogens (primary N) is 1. The van der Waals surface area contributed by atoms with Crippen molar-refractivity contribution in [3.8, 4) is 0 Å². The second-order valence-corrected chi connectivity index (χ2v) is 4.98. The van der Waals surface area contributed by atoms with Crippen molar-refractivity contribution >= 4 is 23.3 Å². The van der Waals surface area contributed by atoms with Gasteiger partial charge in [0.2, 0.25) is 0 Å². The highest BCUT2D eigenvalue weighted by Crippen LogP contribution is 2.20. The summed E-state index contributed by atoms with van der Waals surface area (Å²) in [6.07, 6.45) is 4.14. The van der Waals surface area contributed by atoms with E-state index in [4.69, 9.17) is 17.3 Å². The van der Waals surface area contributed by atoms with Crippen molar-refractivity contribution in [3.63, 3.8) is 0 Å². The molecule has 1 aliphatic rings. The number of aromatic nitrogens is 1. The second-order valence-electron chi connectivity index (χ2n) is 4.57. The van der Waals surface area contributed by atoms with Crippen LogP contribution >= 0.6 is 11.6 Å². The Kier molecular flexibility index (Phi) is 4.04. The van der Waals surface area contributed by atoms with E-state index in [0.29, 0.717) is 5.56 Å². The predicted molar refractivity (Wildman–Crippen MR) is 69.4 cm³/mol. The van der Waals surface area contributed by atoms with Gasteiger partial charge in [0, 0.05) is 12.2 Å². The summed E-state index contributed by atoms with van der Waals surface area (Å²) in [5, 5.41) is 12.6. The third-order valence-electron chi connectivity index (χ3n) is 3.15. The highest BCUT2D eigenvalue weighted by atomic mass is 35.5. The number of hydrogen-bond donors (Lipinski definition) is 3. The van der Waals surface area contributed by atoms with Crippen LogP contribution in [0.15, 0.2) is 12.3 Å².